The Morgan fingerprint density at radius 2 is 1.96 bits per heavy atom. The van der Waals surface area contributed by atoms with E-state index in [0.717, 1.165) is 11.3 Å². The molecule has 0 atom stereocenters. The smallest absolute Gasteiger partial charge is 0.248 e. The number of nitrogens with zero attached hydrogens (tertiary/aromatic N) is 1. The van der Waals surface area contributed by atoms with Crippen LogP contribution in [0.3, 0.4) is 0 Å². The number of aliphatic imine (C=N–C) groups is 1. The lowest BCUT2D eigenvalue weighted by atomic mass is 10.1. The van der Waals surface area contributed by atoms with E-state index in [1.807, 2.05) is 37.3 Å². The van der Waals surface area contributed by atoms with E-state index in [1.54, 1.807) is 13.0 Å². The molecule has 0 saturated heterocycles. The summed E-state index contributed by atoms with van der Waals surface area (Å²) >= 11 is 0. The van der Waals surface area contributed by atoms with Crippen molar-refractivity contribution in [2.24, 2.45) is 4.99 Å². The fraction of sp³-hybridized carbons (Fsp3) is 0.227. The molecule has 0 unspecified atom stereocenters. The van der Waals surface area contributed by atoms with Crippen molar-refractivity contribution >= 4 is 28.9 Å². The summed E-state index contributed by atoms with van der Waals surface area (Å²) in [7, 11) is 0. The normalized spacial score (nSPS) is 14.7. The molecule has 0 fully saturated rings. The Kier molecular flexibility index (Phi) is 7.09. The number of anilines is 1. The Hall–Kier alpha value is -3.41. The summed E-state index contributed by atoms with van der Waals surface area (Å²) in [6, 6.07) is 7.34. The van der Waals surface area contributed by atoms with Crippen molar-refractivity contribution in [1.29, 1.82) is 0 Å². The van der Waals surface area contributed by atoms with Crippen LogP contribution < -0.4 is 16.0 Å². The average molecular weight is 378 g/mol. The van der Waals surface area contributed by atoms with E-state index in [1.165, 1.54) is 6.92 Å². The zero-order valence-electron chi connectivity index (χ0n) is 16.6. The Morgan fingerprint density at radius 1 is 1.25 bits per heavy atom. The third-order valence-electron chi connectivity index (χ3n) is 4.19. The average Bonchev–Trinajstić information content (AvgIpc) is 2.65. The van der Waals surface area contributed by atoms with Crippen molar-refractivity contribution in [2.45, 2.75) is 27.2 Å². The van der Waals surface area contributed by atoms with Crippen LogP contribution in [0, 0.1) is 0 Å². The topological polar surface area (TPSA) is 82.6 Å². The van der Waals surface area contributed by atoms with Gasteiger partial charge in [-0.2, -0.15) is 0 Å². The van der Waals surface area contributed by atoms with Gasteiger partial charge in [-0.25, -0.2) is 4.99 Å². The molecule has 0 bridgehead atoms. The molecule has 1 aromatic rings. The molecule has 0 aliphatic carbocycles. The highest BCUT2D eigenvalue weighted by Crippen LogP contribution is 2.24. The summed E-state index contributed by atoms with van der Waals surface area (Å²) in [6.07, 6.45) is 4.37. The molecular weight excluding hydrogens is 352 g/mol. The molecule has 28 heavy (non-hydrogen) atoms. The van der Waals surface area contributed by atoms with Crippen molar-refractivity contribution in [3.05, 3.63) is 72.1 Å². The fourth-order valence-electron chi connectivity index (χ4n) is 2.76. The quantitative estimate of drug-likeness (QED) is 0.635. The number of amides is 2. The number of allylic oxidation sites excluding steroid dienone is 2. The predicted octanol–water partition coefficient (Wildman–Crippen LogP) is 3.53. The monoisotopic (exact) mass is 378 g/mol. The summed E-state index contributed by atoms with van der Waals surface area (Å²) < 4.78 is 0. The molecule has 1 heterocycles. The van der Waals surface area contributed by atoms with Crippen LogP contribution in [-0.4, -0.2) is 24.1 Å². The molecule has 0 radical (unpaired) electrons. The van der Waals surface area contributed by atoms with Gasteiger partial charge in [0, 0.05) is 36.7 Å². The van der Waals surface area contributed by atoms with Crippen molar-refractivity contribution in [1.82, 2.24) is 10.6 Å². The van der Waals surface area contributed by atoms with Gasteiger partial charge in [-0.3, -0.25) is 9.59 Å². The molecule has 2 amide bonds. The lowest BCUT2D eigenvalue weighted by molar-refractivity contribution is -0.118. The van der Waals surface area contributed by atoms with Gasteiger partial charge in [0.25, 0.3) is 0 Å². The van der Waals surface area contributed by atoms with E-state index < -0.39 is 0 Å². The number of hydrogen-bond donors (Lipinski definition) is 3. The summed E-state index contributed by atoms with van der Waals surface area (Å²) in [5.41, 5.74) is 4.49. The summed E-state index contributed by atoms with van der Waals surface area (Å²) in [4.78, 5) is 27.9. The molecule has 1 aliphatic rings. The van der Waals surface area contributed by atoms with Crippen molar-refractivity contribution in [3.8, 4) is 0 Å². The van der Waals surface area contributed by atoms with Crippen LogP contribution in [0.25, 0.3) is 5.70 Å². The number of nitrogens with one attached hydrogen (secondary N) is 3. The van der Waals surface area contributed by atoms with Crippen molar-refractivity contribution in [3.63, 3.8) is 0 Å². The molecule has 1 aromatic carbocycles. The molecule has 3 N–H and O–H groups in total. The number of benzene rings is 1. The fourth-order valence-corrected chi connectivity index (χ4v) is 2.76. The van der Waals surface area contributed by atoms with E-state index in [4.69, 9.17) is 0 Å². The summed E-state index contributed by atoms with van der Waals surface area (Å²) in [5.74, 6) is -0.248. The summed E-state index contributed by atoms with van der Waals surface area (Å²) in [5, 5.41) is 8.81. The molecule has 146 valence electrons. The standard InChI is InChI=1S/C22H26N4O2/c1-6-9-20(16(4)25-19-12-13-23-22(28)14(19)2)24-15(3)18-10-7-8-11-21(18)26-17(5)27/h6-11,25H,3-4,12-13H2,1-2,5H3,(H,23,28)(H,26,27)/b9-6-,24-20?. The molecule has 0 spiro atoms. The van der Waals surface area contributed by atoms with Gasteiger partial charge in [0.2, 0.25) is 11.8 Å². The van der Waals surface area contributed by atoms with Gasteiger partial charge in [0.1, 0.15) is 0 Å². The molecule has 2 rings (SSSR count). The highest BCUT2D eigenvalue weighted by molar-refractivity contribution is 6.10. The highest BCUT2D eigenvalue weighted by atomic mass is 16.2. The largest absolute Gasteiger partial charge is 0.357 e. The molecule has 1 aliphatic heterocycles. The van der Waals surface area contributed by atoms with Gasteiger partial charge in [0.05, 0.1) is 22.8 Å². The Labute approximate surface area is 165 Å². The maximum Gasteiger partial charge on any atom is 0.248 e. The predicted molar refractivity (Wildman–Crippen MR) is 115 cm³/mol. The minimum atomic E-state index is -0.165. The maximum atomic E-state index is 11.8. The zero-order chi connectivity index (χ0) is 20.7. The van der Waals surface area contributed by atoms with Crippen molar-refractivity contribution < 1.29 is 9.59 Å². The highest BCUT2D eigenvalue weighted by Gasteiger charge is 2.17. The molecule has 0 aromatic heterocycles. The lowest BCUT2D eigenvalue weighted by Gasteiger charge is -2.21. The van der Waals surface area contributed by atoms with Gasteiger partial charge < -0.3 is 16.0 Å². The van der Waals surface area contributed by atoms with Gasteiger partial charge in [-0.1, -0.05) is 37.4 Å². The van der Waals surface area contributed by atoms with Gasteiger partial charge >= 0.3 is 0 Å². The molecular formula is C22H26N4O2. The zero-order valence-corrected chi connectivity index (χ0v) is 16.6. The Bertz CT molecular complexity index is 907. The van der Waals surface area contributed by atoms with E-state index in [9.17, 15) is 9.59 Å². The number of carbonyl (C=O) groups excluding carboxylic acids is 2. The Morgan fingerprint density at radius 3 is 2.64 bits per heavy atom. The van der Waals surface area contributed by atoms with Crippen LogP contribution in [0.15, 0.2) is 71.5 Å². The van der Waals surface area contributed by atoms with Crippen LogP contribution in [0.5, 0.6) is 0 Å². The second-order valence-corrected chi connectivity index (χ2v) is 6.38. The van der Waals surface area contributed by atoms with Crippen LogP contribution in [-0.2, 0) is 9.59 Å². The van der Waals surface area contributed by atoms with Crippen LogP contribution in [0.2, 0.25) is 0 Å². The van der Waals surface area contributed by atoms with Crippen LogP contribution in [0.4, 0.5) is 5.69 Å². The van der Waals surface area contributed by atoms with Gasteiger partial charge in [-0.15, -0.1) is 0 Å². The Balaban J connectivity index is 2.30. The number of carbonyl (C=O) groups is 2. The minimum Gasteiger partial charge on any atom is -0.357 e. The van der Waals surface area contributed by atoms with E-state index in [2.05, 4.69) is 34.1 Å². The number of hydrogen-bond acceptors (Lipinski definition) is 4. The third-order valence-corrected chi connectivity index (χ3v) is 4.19. The first-order valence-electron chi connectivity index (χ1n) is 9.05. The van der Waals surface area contributed by atoms with E-state index >= 15 is 0 Å². The minimum absolute atomic E-state index is 0.0836. The second-order valence-electron chi connectivity index (χ2n) is 6.38. The lowest BCUT2D eigenvalue weighted by Crippen LogP contribution is -2.35. The second kappa shape index (κ2) is 9.50. The molecule has 6 heteroatoms. The number of para-hydroxylation sites is 1. The van der Waals surface area contributed by atoms with Gasteiger partial charge in [-0.05, 0) is 26.0 Å². The third kappa shape index (κ3) is 5.30. The van der Waals surface area contributed by atoms with E-state index in [0.29, 0.717) is 41.3 Å². The van der Waals surface area contributed by atoms with Crippen molar-refractivity contribution in [2.75, 3.05) is 11.9 Å². The first-order chi connectivity index (χ1) is 13.3. The first kappa shape index (κ1) is 20.9. The number of rotatable bonds is 7. The molecule has 0 saturated carbocycles. The van der Waals surface area contributed by atoms with Gasteiger partial charge in [0.15, 0.2) is 0 Å². The maximum absolute atomic E-state index is 11.8. The summed E-state index contributed by atoms with van der Waals surface area (Å²) in [6.45, 7) is 13.8. The molecule has 6 nitrogen and oxygen atoms in total. The van der Waals surface area contributed by atoms with Crippen LogP contribution in [0.1, 0.15) is 32.8 Å². The SMILES string of the molecule is C=C(NC1=C(C)C(=O)NCC1)C(/C=C\C)=NC(=C)c1ccccc1NC(C)=O. The van der Waals surface area contributed by atoms with Crippen LogP contribution >= 0.6 is 0 Å². The first-order valence-corrected chi connectivity index (χ1v) is 9.05. The van der Waals surface area contributed by atoms with E-state index in [-0.39, 0.29) is 11.8 Å².